The minimum absolute atomic E-state index is 0.0316. The van der Waals surface area contributed by atoms with Gasteiger partial charge in [-0.05, 0) is 65.2 Å². The summed E-state index contributed by atoms with van der Waals surface area (Å²) in [7, 11) is 0. The molecular weight excluding hydrogens is 314 g/mol. The average Bonchev–Trinajstić information content (AvgIpc) is 2.31. The van der Waals surface area contributed by atoms with Gasteiger partial charge in [0.05, 0.1) is 10.0 Å². The van der Waals surface area contributed by atoms with Crippen molar-refractivity contribution in [2.45, 2.75) is 13.8 Å². The van der Waals surface area contributed by atoms with E-state index in [1.807, 2.05) is 0 Å². The fourth-order valence-corrected chi connectivity index (χ4v) is 2.36. The monoisotopic (exact) mass is 324 g/mol. The maximum Gasteiger partial charge on any atom is 0.196 e. The van der Waals surface area contributed by atoms with Gasteiger partial charge < -0.3 is 0 Å². The van der Waals surface area contributed by atoms with E-state index in [0.717, 1.165) is 5.56 Å². The topological polar surface area (TPSA) is 17.1 Å². The Labute approximate surface area is 118 Å². The predicted octanol–water partition coefficient (Wildman–Crippen LogP) is 4.58. The van der Waals surface area contributed by atoms with E-state index in [9.17, 15) is 13.6 Å². The van der Waals surface area contributed by atoms with Crippen LogP contribution in [0.2, 0.25) is 0 Å². The Morgan fingerprint density at radius 3 is 2.32 bits per heavy atom. The highest BCUT2D eigenvalue weighted by Gasteiger charge is 2.18. The van der Waals surface area contributed by atoms with E-state index in [4.69, 9.17) is 0 Å². The van der Waals surface area contributed by atoms with Gasteiger partial charge >= 0.3 is 0 Å². The lowest BCUT2D eigenvalue weighted by Crippen LogP contribution is -2.07. The highest BCUT2D eigenvalue weighted by atomic mass is 79.9. The molecule has 2 aromatic carbocycles. The molecule has 0 fully saturated rings. The molecule has 0 saturated heterocycles. The molecule has 19 heavy (non-hydrogen) atoms. The lowest BCUT2D eigenvalue weighted by atomic mass is 9.97. The van der Waals surface area contributed by atoms with E-state index in [1.165, 1.54) is 24.3 Å². The van der Waals surface area contributed by atoms with Crippen molar-refractivity contribution in [1.82, 2.24) is 0 Å². The molecule has 0 N–H and O–H groups in total. The maximum atomic E-state index is 13.9. The summed E-state index contributed by atoms with van der Waals surface area (Å²) in [6.07, 6.45) is 0. The molecule has 98 valence electrons. The molecule has 0 aliphatic carbocycles. The lowest BCUT2D eigenvalue weighted by Gasteiger charge is -2.08. The summed E-state index contributed by atoms with van der Waals surface area (Å²) in [4.78, 5) is 12.3. The van der Waals surface area contributed by atoms with Crippen molar-refractivity contribution in [1.29, 1.82) is 0 Å². The van der Waals surface area contributed by atoms with Crippen LogP contribution in [0.25, 0.3) is 0 Å². The molecule has 0 atom stereocenters. The van der Waals surface area contributed by atoms with E-state index in [-0.39, 0.29) is 15.6 Å². The second-order valence-corrected chi connectivity index (χ2v) is 5.25. The first-order valence-corrected chi connectivity index (χ1v) is 6.46. The first-order valence-electron chi connectivity index (χ1n) is 5.66. The summed E-state index contributed by atoms with van der Waals surface area (Å²) < 4.78 is 27.2. The lowest BCUT2D eigenvalue weighted by molar-refractivity contribution is 0.103. The molecule has 4 heteroatoms. The molecule has 0 amide bonds. The number of halogens is 3. The van der Waals surface area contributed by atoms with Gasteiger partial charge in [-0.3, -0.25) is 4.79 Å². The summed E-state index contributed by atoms with van der Waals surface area (Å²) in [5.74, 6) is -1.46. The van der Waals surface area contributed by atoms with Crippen molar-refractivity contribution < 1.29 is 13.6 Å². The number of carbonyl (C=O) groups is 1. The minimum Gasteiger partial charge on any atom is -0.288 e. The molecule has 0 aromatic heterocycles. The standard InChI is InChI=1S/C15H11BrF2O/c1-8-5-9(2)14(13(18)6-8)15(19)10-3-4-12(17)11(16)7-10/h3-7H,1-2H3. The third-order valence-electron chi connectivity index (χ3n) is 2.84. The van der Waals surface area contributed by atoms with Crippen LogP contribution in [0.1, 0.15) is 27.0 Å². The highest BCUT2D eigenvalue weighted by Crippen LogP contribution is 2.23. The molecule has 0 radical (unpaired) electrons. The molecule has 1 nitrogen and oxygen atoms in total. The van der Waals surface area contributed by atoms with Gasteiger partial charge in [-0.2, -0.15) is 0 Å². The fraction of sp³-hybridized carbons (Fsp3) is 0.133. The summed E-state index contributed by atoms with van der Waals surface area (Å²) in [6.45, 7) is 3.45. The van der Waals surface area contributed by atoms with Crippen molar-refractivity contribution in [2.24, 2.45) is 0 Å². The van der Waals surface area contributed by atoms with Crippen molar-refractivity contribution in [3.8, 4) is 0 Å². The molecular formula is C15H11BrF2O. The van der Waals surface area contributed by atoms with Crippen molar-refractivity contribution >= 4 is 21.7 Å². The first-order chi connectivity index (χ1) is 8.90. The zero-order valence-corrected chi connectivity index (χ0v) is 12.0. The second-order valence-electron chi connectivity index (χ2n) is 4.40. The van der Waals surface area contributed by atoms with Gasteiger partial charge in [0.25, 0.3) is 0 Å². The van der Waals surface area contributed by atoms with Gasteiger partial charge in [-0.15, -0.1) is 0 Å². The fourth-order valence-electron chi connectivity index (χ4n) is 1.98. The summed E-state index contributed by atoms with van der Waals surface area (Å²) in [6, 6.07) is 6.95. The molecule has 0 heterocycles. The van der Waals surface area contributed by atoms with Crippen LogP contribution in [0.15, 0.2) is 34.8 Å². The molecule has 2 rings (SSSR count). The Kier molecular flexibility index (Phi) is 3.80. The smallest absolute Gasteiger partial charge is 0.196 e. The van der Waals surface area contributed by atoms with Crippen molar-refractivity contribution in [2.75, 3.05) is 0 Å². The highest BCUT2D eigenvalue weighted by molar-refractivity contribution is 9.10. The second kappa shape index (κ2) is 5.21. The largest absolute Gasteiger partial charge is 0.288 e. The summed E-state index contributed by atoms with van der Waals surface area (Å²) >= 11 is 3.01. The Balaban J connectivity index is 2.53. The zero-order valence-electron chi connectivity index (χ0n) is 10.4. The normalized spacial score (nSPS) is 10.6. The Morgan fingerprint density at radius 2 is 1.74 bits per heavy atom. The Morgan fingerprint density at radius 1 is 1.05 bits per heavy atom. The first kappa shape index (κ1) is 13.9. The molecule has 0 spiro atoms. The SMILES string of the molecule is Cc1cc(C)c(C(=O)c2ccc(F)c(Br)c2)c(F)c1. The molecule has 0 aliphatic heterocycles. The van der Waals surface area contributed by atoms with Gasteiger partial charge in [0.15, 0.2) is 5.78 Å². The number of hydrogen-bond acceptors (Lipinski definition) is 1. The van der Waals surface area contributed by atoms with E-state index >= 15 is 0 Å². The molecule has 0 unspecified atom stereocenters. The van der Waals surface area contributed by atoms with Gasteiger partial charge in [-0.1, -0.05) is 6.07 Å². The van der Waals surface area contributed by atoms with Crippen LogP contribution in [-0.2, 0) is 0 Å². The quantitative estimate of drug-likeness (QED) is 0.739. The number of benzene rings is 2. The third kappa shape index (κ3) is 2.73. The Hall–Kier alpha value is -1.55. The van der Waals surface area contributed by atoms with Crippen LogP contribution in [-0.4, -0.2) is 5.78 Å². The Bertz CT molecular complexity index is 642. The summed E-state index contributed by atoms with van der Waals surface area (Å²) in [5.41, 5.74) is 1.61. The van der Waals surface area contributed by atoms with Crippen molar-refractivity contribution in [3.63, 3.8) is 0 Å². The molecule has 0 aliphatic rings. The maximum absolute atomic E-state index is 13.9. The van der Waals surface area contributed by atoms with E-state index in [1.54, 1.807) is 19.9 Å². The van der Waals surface area contributed by atoms with Crippen LogP contribution >= 0.6 is 15.9 Å². The average molecular weight is 325 g/mol. The third-order valence-corrected chi connectivity index (χ3v) is 3.45. The van der Waals surface area contributed by atoms with Crippen LogP contribution < -0.4 is 0 Å². The number of ketones is 1. The van der Waals surface area contributed by atoms with Gasteiger partial charge in [0, 0.05) is 5.56 Å². The summed E-state index contributed by atoms with van der Waals surface area (Å²) in [5, 5.41) is 0. The van der Waals surface area contributed by atoms with Gasteiger partial charge in [0.1, 0.15) is 11.6 Å². The van der Waals surface area contributed by atoms with Gasteiger partial charge in [0.2, 0.25) is 0 Å². The van der Waals surface area contributed by atoms with E-state index < -0.39 is 17.4 Å². The zero-order chi connectivity index (χ0) is 14.2. The number of rotatable bonds is 2. The number of aryl methyl sites for hydroxylation is 2. The molecule has 2 aromatic rings. The number of carbonyl (C=O) groups excluding carboxylic acids is 1. The van der Waals surface area contributed by atoms with Crippen molar-refractivity contribution in [3.05, 3.63) is 68.7 Å². The van der Waals surface area contributed by atoms with Crippen LogP contribution in [0.4, 0.5) is 8.78 Å². The van der Waals surface area contributed by atoms with Crippen LogP contribution in [0.3, 0.4) is 0 Å². The van der Waals surface area contributed by atoms with Crippen LogP contribution in [0.5, 0.6) is 0 Å². The molecule has 0 saturated carbocycles. The van der Waals surface area contributed by atoms with E-state index in [2.05, 4.69) is 15.9 Å². The molecule has 0 bridgehead atoms. The minimum atomic E-state index is -0.553. The number of hydrogen-bond donors (Lipinski definition) is 0. The van der Waals surface area contributed by atoms with Gasteiger partial charge in [-0.25, -0.2) is 8.78 Å². The van der Waals surface area contributed by atoms with Crippen LogP contribution in [0, 0.1) is 25.5 Å². The van der Waals surface area contributed by atoms with E-state index in [0.29, 0.717) is 5.56 Å². The predicted molar refractivity (Wildman–Crippen MR) is 73.4 cm³/mol.